The Morgan fingerprint density at radius 3 is 2.71 bits per heavy atom. The lowest BCUT2D eigenvalue weighted by Crippen LogP contribution is -2.11. The zero-order chi connectivity index (χ0) is 14.7. The molecule has 21 heavy (non-hydrogen) atoms. The summed E-state index contributed by atoms with van der Waals surface area (Å²) >= 11 is 0. The number of aromatic nitrogens is 1. The number of benzene rings is 1. The van der Waals surface area contributed by atoms with Crippen LogP contribution in [0.5, 0.6) is 0 Å². The van der Waals surface area contributed by atoms with E-state index in [-0.39, 0.29) is 6.04 Å². The first kappa shape index (κ1) is 13.1. The van der Waals surface area contributed by atoms with E-state index in [0.29, 0.717) is 5.69 Å². The minimum absolute atomic E-state index is 0.0815. The van der Waals surface area contributed by atoms with E-state index in [1.54, 1.807) is 18.3 Å². The lowest BCUT2D eigenvalue weighted by Gasteiger charge is -2.08. The minimum atomic E-state index is -1.07. The van der Waals surface area contributed by atoms with E-state index in [1.165, 1.54) is 0 Å². The van der Waals surface area contributed by atoms with Crippen molar-refractivity contribution in [2.24, 2.45) is 5.10 Å². The third kappa shape index (κ3) is 3.00. The molecule has 1 unspecified atom stereocenters. The van der Waals surface area contributed by atoms with Crippen molar-refractivity contribution in [2.75, 3.05) is 5.32 Å². The summed E-state index contributed by atoms with van der Waals surface area (Å²) in [5, 5.41) is 15.3. The van der Waals surface area contributed by atoms with Gasteiger partial charge in [0.2, 0.25) is 0 Å². The Morgan fingerprint density at radius 2 is 2.05 bits per heavy atom. The molecule has 6 nitrogen and oxygen atoms in total. The molecule has 0 radical (unpaired) electrons. The van der Waals surface area contributed by atoms with Gasteiger partial charge in [0, 0.05) is 18.3 Å². The number of nitrogens with zero attached hydrogens (tertiary/aromatic N) is 2. The van der Waals surface area contributed by atoms with Crippen molar-refractivity contribution in [3.8, 4) is 0 Å². The number of anilines is 1. The van der Waals surface area contributed by atoms with E-state index in [0.717, 1.165) is 23.4 Å². The van der Waals surface area contributed by atoms with Crippen LogP contribution in [0, 0.1) is 0 Å². The van der Waals surface area contributed by atoms with E-state index in [2.05, 4.69) is 20.8 Å². The van der Waals surface area contributed by atoms with Crippen molar-refractivity contribution >= 4 is 17.5 Å². The van der Waals surface area contributed by atoms with Crippen LogP contribution in [0.3, 0.4) is 0 Å². The van der Waals surface area contributed by atoms with Gasteiger partial charge < -0.3 is 10.5 Å². The topological polar surface area (TPSA) is 86.6 Å². The van der Waals surface area contributed by atoms with Gasteiger partial charge in [-0.3, -0.25) is 10.3 Å². The number of carboxylic acid groups (broad SMARTS) is 1. The Bertz CT molecular complexity index is 668. The summed E-state index contributed by atoms with van der Waals surface area (Å²) in [5.74, 6) is 0. The molecule has 2 heterocycles. The number of pyridine rings is 1. The molecule has 106 valence electrons. The van der Waals surface area contributed by atoms with Gasteiger partial charge in [-0.2, -0.15) is 5.10 Å². The van der Waals surface area contributed by atoms with Crippen LogP contribution in [-0.2, 0) is 0 Å². The Hall–Kier alpha value is -2.89. The van der Waals surface area contributed by atoms with Crippen LogP contribution >= 0.6 is 0 Å². The Morgan fingerprint density at radius 1 is 1.24 bits per heavy atom. The maximum atomic E-state index is 10.6. The fourth-order valence-corrected chi connectivity index (χ4v) is 2.25. The molecule has 1 atom stereocenters. The van der Waals surface area contributed by atoms with E-state index in [1.807, 2.05) is 30.3 Å². The van der Waals surface area contributed by atoms with Crippen LogP contribution in [0.1, 0.15) is 23.7 Å². The fourth-order valence-electron chi connectivity index (χ4n) is 2.25. The number of amides is 1. The molecule has 1 aliphatic rings. The lowest BCUT2D eigenvalue weighted by molar-refractivity contribution is 0.210. The average molecular weight is 282 g/mol. The molecule has 1 aromatic heterocycles. The van der Waals surface area contributed by atoms with Crippen molar-refractivity contribution < 1.29 is 9.90 Å². The van der Waals surface area contributed by atoms with E-state index in [9.17, 15) is 4.79 Å². The molecule has 1 aliphatic heterocycles. The summed E-state index contributed by atoms with van der Waals surface area (Å²) in [6.07, 6.45) is 1.45. The Balaban J connectivity index is 1.70. The summed E-state index contributed by atoms with van der Waals surface area (Å²) in [4.78, 5) is 14.9. The van der Waals surface area contributed by atoms with Crippen LogP contribution in [0.15, 0.2) is 53.8 Å². The number of hydrogen-bond donors (Lipinski definition) is 3. The van der Waals surface area contributed by atoms with Crippen molar-refractivity contribution in [3.05, 3.63) is 59.9 Å². The van der Waals surface area contributed by atoms with Crippen molar-refractivity contribution in [2.45, 2.75) is 12.5 Å². The highest BCUT2D eigenvalue weighted by Gasteiger charge is 2.21. The summed E-state index contributed by atoms with van der Waals surface area (Å²) < 4.78 is 0. The SMILES string of the molecule is O=C(O)Nc1ccc(C2=NNC(c3ccccn3)C2)cc1. The number of hydrazone groups is 1. The van der Waals surface area contributed by atoms with Gasteiger partial charge in [0.15, 0.2) is 0 Å². The summed E-state index contributed by atoms with van der Waals surface area (Å²) in [5.41, 5.74) is 6.49. The number of rotatable bonds is 3. The third-order valence-electron chi connectivity index (χ3n) is 3.27. The molecule has 0 aliphatic carbocycles. The smallest absolute Gasteiger partial charge is 0.409 e. The van der Waals surface area contributed by atoms with Crippen LogP contribution in [0.2, 0.25) is 0 Å². The second-order valence-corrected chi connectivity index (χ2v) is 4.71. The molecule has 0 fully saturated rings. The third-order valence-corrected chi connectivity index (χ3v) is 3.27. The van der Waals surface area contributed by atoms with Gasteiger partial charge >= 0.3 is 6.09 Å². The molecule has 1 amide bonds. The normalized spacial score (nSPS) is 17.0. The zero-order valence-electron chi connectivity index (χ0n) is 11.2. The van der Waals surface area contributed by atoms with Crippen molar-refractivity contribution in [1.29, 1.82) is 0 Å². The molecule has 3 N–H and O–H groups in total. The molecule has 1 aromatic carbocycles. The van der Waals surface area contributed by atoms with Crippen LogP contribution in [-0.4, -0.2) is 21.9 Å². The van der Waals surface area contributed by atoms with Crippen molar-refractivity contribution in [3.63, 3.8) is 0 Å². The maximum Gasteiger partial charge on any atom is 0.409 e. The van der Waals surface area contributed by atoms with Crippen LogP contribution in [0.4, 0.5) is 10.5 Å². The van der Waals surface area contributed by atoms with Gasteiger partial charge in [-0.05, 0) is 29.8 Å². The van der Waals surface area contributed by atoms with Crippen molar-refractivity contribution in [1.82, 2.24) is 10.4 Å². The zero-order valence-corrected chi connectivity index (χ0v) is 11.2. The highest BCUT2D eigenvalue weighted by molar-refractivity contribution is 6.02. The molecule has 0 saturated carbocycles. The molecule has 0 bridgehead atoms. The molecule has 2 aromatic rings. The predicted octanol–water partition coefficient (Wildman–Crippen LogP) is 2.61. The van der Waals surface area contributed by atoms with Gasteiger partial charge in [0.25, 0.3) is 0 Å². The number of nitrogens with one attached hydrogen (secondary N) is 2. The first-order valence-corrected chi connectivity index (χ1v) is 6.56. The lowest BCUT2D eigenvalue weighted by atomic mass is 10.0. The molecular weight excluding hydrogens is 268 g/mol. The highest BCUT2D eigenvalue weighted by Crippen LogP contribution is 2.23. The second kappa shape index (κ2) is 5.62. The van der Waals surface area contributed by atoms with Crippen LogP contribution < -0.4 is 10.7 Å². The highest BCUT2D eigenvalue weighted by atomic mass is 16.4. The van der Waals surface area contributed by atoms with E-state index >= 15 is 0 Å². The number of carbonyl (C=O) groups is 1. The van der Waals surface area contributed by atoms with Gasteiger partial charge in [0.05, 0.1) is 17.4 Å². The maximum absolute atomic E-state index is 10.6. The molecule has 0 spiro atoms. The van der Waals surface area contributed by atoms with E-state index in [4.69, 9.17) is 5.11 Å². The average Bonchev–Trinajstić information content (AvgIpc) is 2.98. The standard InChI is InChI=1S/C15H14N4O2/c20-15(21)17-11-6-4-10(5-7-11)13-9-14(19-18-13)12-3-1-2-8-16-12/h1-8,14,17,19H,9H2,(H,20,21). The fraction of sp³-hybridized carbons (Fsp3) is 0.133. The summed E-state index contributed by atoms with van der Waals surface area (Å²) in [7, 11) is 0. The molecule has 3 rings (SSSR count). The summed E-state index contributed by atoms with van der Waals surface area (Å²) in [6, 6.07) is 13.0. The monoisotopic (exact) mass is 282 g/mol. The molecular formula is C15H14N4O2. The van der Waals surface area contributed by atoms with Gasteiger partial charge in [-0.1, -0.05) is 18.2 Å². The Labute approximate surface area is 121 Å². The first-order valence-electron chi connectivity index (χ1n) is 6.56. The molecule has 6 heteroatoms. The Kier molecular flexibility index (Phi) is 3.51. The number of hydrogen-bond acceptors (Lipinski definition) is 4. The largest absolute Gasteiger partial charge is 0.465 e. The molecule has 0 saturated heterocycles. The van der Waals surface area contributed by atoms with Gasteiger partial charge in [0.1, 0.15) is 0 Å². The quantitative estimate of drug-likeness (QED) is 0.807. The van der Waals surface area contributed by atoms with E-state index < -0.39 is 6.09 Å². The predicted molar refractivity (Wildman–Crippen MR) is 79.4 cm³/mol. The minimum Gasteiger partial charge on any atom is -0.465 e. The van der Waals surface area contributed by atoms with Crippen LogP contribution in [0.25, 0.3) is 0 Å². The summed E-state index contributed by atoms with van der Waals surface area (Å²) in [6.45, 7) is 0. The van der Waals surface area contributed by atoms with Gasteiger partial charge in [-0.15, -0.1) is 0 Å². The first-order chi connectivity index (χ1) is 10.2. The second-order valence-electron chi connectivity index (χ2n) is 4.71. The van der Waals surface area contributed by atoms with Gasteiger partial charge in [-0.25, -0.2) is 4.79 Å².